The summed E-state index contributed by atoms with van der Waals surface area (Å²) in [6, 6.07) is 14.7. The summed E-state index contributed by atoms with van der Waals surface area (Å²) in [5.41, 5.74) is 1.92. The molecular formula is C17H12FN. The summed E-state index contributed by atoms with van der Waals surface area (Å²) in [5, 5.41) is 1.99. The van der Waals surface area contributed by atoms with Crippen molar-refractivity contribution in [3.8, 4) is 11.3 Å². The van der Waals surface area contributed by atoms with Crippen LogP contribution in [0.15, 0.2) is 61.3 Å². The Hall–Kier alpha value is -2.48. The Labute approximate surface area is 111 Å². The van der Waals surface area contributed by atoms with Crippen LogP contribution in [0.4, 0.5) is 4.39 Å². The first-order valence-corrected chi connectivity index (χ1v) is 6.06. The summed E-state index contributed by atoms with van der Waals surface area (Å²) >= 11 is 0. The maximum Gasteiger partial charge on any atom is 0.133 e. The van der Waals surface area contributed by atoms with Crippen LogP contribution in [0.25, 0.3) is 28.1 Å². The van der Waals surface area contributed by atoms with E-state index >= 15 is 0 Å². The number of rotatable bonds is 2. The van der Waals surface area contributed by atoms with Crippen LogP contribution < -0.4 is 0 Å². The lowest BCUT2D eigenvalue weighted by Gasteiger charge is -2.09. The van der Waals surface area contributed by atoms with E-state index in [2.05, 4.69) is 11.6 Å². The second-order valence-electron chi connectivity index (χ2n) is 4.29. The maximum atomic E-state index is 14.2. The molecule has 0 saturated carbocycles. The molecular weight excluding hydrogens is 237 g/mol. The van der Waals surface area contributed by atoms with Crippen molar-refractivity contribution in [1.82, 2.24) is 4.98 Å². The quantitative estimate of drug-likeness (QED) is 0.642. The molecule has 0 radical (unpaired) electrons. The molecule has 2 heteroatoms. The van der Waals surface area contributed by atoms with Crippen molar-refractivity contribution in [2.24, 2.45) is 0 Å². The van der Waals surface area contributed by atoms with E-state index in [9.17, 15) is 4.39 Å². The standard InChI is InChI=1S/C17H12FN/c1-2-12-7-5-9-15(18)16(12)17-14-8-4-3-6-13(14)10-11-19-17/h2-11H,1H2. The molecule has 0 amide bonds. The van der Waals surface area contributed by atoms with Crippen molar-refractivity contribution in [3.05, 3.63) is 72.7 Å². The van der Waals surface area contributed by atoms with Gasteiger partial charge in [-0.1, -0.05) is 49.1 Å². The van der Waals surface area contributed by atoms with Gasteiger partial charge in [0.15, 0.2) is 0 Å². The lowest BCUT2D eigenvalue weighted by Crippen LogP contribution is -1.92. The predicted octanol–water partition coefficient (Wildman–Crippen LogP) is 4.68. The van der Waals surface area contributed by atoms with Gasteiger partial charge in [-0.25, -0.2) is 4.39 Å². The Morgan fingerprint density at radius 1 is 1.00 bits per heavy atom. The van der Waals surface area contributed by atoms with Crippen LogP contribution in [0.1, 0.15) is 5.56 Å². The van der Waals surface area contributed by atoms with Gasteiger partial charge in [-0.3, -0.25) is 4.98 Å². The Kier molecular flexibility index (Phi) is 2.84. The number of nitrogens with zero attached hydrogens (tertiary/aromatic N) is 1. The van der Waals surface area contributed by atoms with Crippen LogP contribution in [0.5, 0.6) is 0 Å². The summed E-state index contributed by atoms with van der Waals surface area (Å²) < 4.78 is 14.2. The molecule has 2 aromatic carbocycles. The number of fused-ring (bicyclic) bond motifs is 1. The molecule has 0 aliphatic carbocycles. The molecule has 0 spiro atoms. The molecule has 1 aromatic heterocycles. The first-order chi connectivity index (χ1) is 9.31. The van der Waals surface area contributed by atoms with E-state index in [1.165, 1.54) is 6.07 Å². The summed E-state index contributed by atoms with van der Waals surface area (Å²) in [6.45, 7) is 3.74. The van der Waals surface area contributed by atoms with Gasteiger partial charge in [0.05, 0.1) is 5.69 Å². The van der Waals surface area contributed by atoms with Gasteiger partial charge >= 0.3 is 0 Å². The van der Waals surface area contributed by atoms with Crippen LogP contribution >= 0.6 is 0 Å². The molecule has 0 N–H and O–H groups in total. The molecule has 0 atom stereocenters. The van der Waals surface area contributed by atoms with Crippen LogP contribution in [0.3, 0.4) is 0 Å². The molecule has 0 saturated heterocycles. The van der Waals surface area contributed by atoms with Gasteiger partial charge < -0.3 is 0 Å². The van der Waals surface area contributed by atoms with Crippen LogP contribution in [-0.2, 0) is 0 Å². The van der Waals surface area contributed by atoms with Gasteiger partial charge in [0.1, 0.15) is 5.82 Å². The highest BCUT2D eigenvalue weighted by molar-refractivity contribution is 5.96. The monoisotopic (exact) mass is 249 g/mol. The van der Waals surface area contributed by atoms with Crippen LogP contribution in [0.2, 0.25) is 0 Å². The van der Waals surface area contributed by atoms with Gasteiger partial charge in [0.25, 0.3) is 0 Å². The fourth-order valence-electron chi connectivity index (χ4n) is 2.28. The van der Waals surface area contributed by atoms with Gasteiger partial charge in [0, 0.05) is 17.1 Å². The van der Waals surface area contributed by atoms with E-state index in [1.807, 2.05) is 36.4 Å². The minimum absolute atomic E-state index is 0.277. The maximum absolute atomic E-state index is 14.2. The summed E-state index contributed by atoms with van der Waals surface area (Å²) in [4.78, 5) is 4.36. The average Bonchev–Trinajstić information content (AvgIpc) is 2.46. The van der Waals surface area contributed by atoms with Gasteiger partial charge in [0.2, 0.25) is 0 Å². The Morgan fingerprint density at radius 3 is 2.68 bits per heavy atom. The van der Waals surface area contributed by atoms with E-state index in [0.29, 0.717) is 11.3 Å². The summed E-state index contributed by atoms with van der Waals surface area (Å²) in [7, 11) is 0. The molecule has 0 bridgehead atoms. The van der Waals surface area contributed by atoms with Crippen molar-refractivity contribution in [2.45, 2.75) is 0 Å². The van der Waals surface area contributed by atoms with E-state index in [0.717, 1.165) is 16.3 Å². The summed E-state index contributed by atoms with van der Waals surface area (Å²) in [5.74, 6) is -0.277. The van der Waals surface area contributed by atoms with Crippen molar-refractivity contribution >= 4 is 16.8 Å². The zero-order chi connectivity index (χ0) is 13.2. The minimum Gasteiger partial charge on any atom is -0.255 e. The number of pyridine rings is 1. The topological polar surface area (TPSA) is 12.9 Å². The molecule has 92 valence electrons. The number of benzene rings is 2. The number of halogens is 1. The zero-order valence-electron chi connectivity index (χ0n) is 10.3. The largest absolute Gasteiger partial charge is 0.255 e. The Morgan fingerprint density at radius 2 is 1.84 bits per heavy atom. The highest BCUT2D eigenvalue weighted by Gasteiger charge is 2.12. The highest BCUT2D eigenvalue weighted by atomic mass is 19.1. The SMILES string of the molecule is C=Cc1cccc(F)c1-c1nccc2ccccc12. The van der Waals surface area contributed by atoms with Crippen LogP contribution in [-0.4, -0.2) is 4.98 Å². The average molecular weight is 249 g/mol. The molecule has 0 aliphatic heterocycles. The smallest absolute Gasteiger partial charge is 0.133 e. The van der Waals surface area contributed by atoms with E-state index in [4.69, 9.17) is 0 Å². The predicted molar refractivity (Wildman–Crippen MR) is 77.2 cm³/mol. The van der Waals surface area contributed by atoms with Crippen LogP contribution in [0, 0.1) is 5.82 Å². The third-order valence-electron chi connectivity index (χ3n) is 3.18. The second-order valence-corrected chi connectivity index (χ2v) is 4.29. The highest BCUT2D eigenvalue weighted by Crippen LogP contribution is 2.31. The number of hydrogen-bond donors (Lipinski definition) is 0. The molecule has 1 heterocycles. The third kappa shape index (κ3) is 1.91. The van der Waals surface area contributed by atoms with Crippen molar-refractivity contribution in [1.29, 1.82) is 0 Å². The van der Waals surface area contributed by atoms with E-state index in [-0.39, 0.29) is 5.82 Å². The normalized spacial score (nSPS) is 10.6. The van der Waals surface area contributed by atoms with Gasteiger partial charge in [-0.15, -0.1) is 0 Å². The number of aromatic nitrogens is 1. The fraction of sp³-hybridized carbons (Fsp3) is 0. The third-order valence-corrected chi connectivity index (χ3v) is 3.18. The summed E-state index contributed by atoms with van der Waals surface area (Å²) in [6.07, 6.45) is 3.36. The molecule has 3 aromatic rings. The lowest BCUT2D eigenvalue weighted by atomic mass is 9.99. The van der Waals surface area contributed by atoms with Gasteiger partial charge in [-0.2, -0.15) is 0 Å². The molecule has 1 nitrogen and oxygen atoms in total. The Bertz CT molecular complexity index is 757. The first kappa shape index (κ1) is 11.6. The molecule has 0 unspecified atom stereocenters. The fourth-order valence-corrected chi connectivity index (χ4v) is 2.28. The Balaban J connectivity index is 2.40. The van der Waals surface area contributed by atoms with E-state index < -0.39 is 0 Å². The molecule has 0 fully saturated rings. The number of hydrogen-bond acceptors (Lipinski definition) is 1. The van der Waals surface area contributed by atoms with Crippen molar-refractivity contribution < 1.29 is 4.39 Å². The first-order valence-electron chi connectivity index (χ1n) is 6.06. The minimum atomic E-state index is -0.277. The second kappa shape index (κ2) is 4.65. The molecule has 19 heavy (non-hydrogen) atoms. The zero-order valence-corrected chi connectivity index (χ0v) is 10.3. The molecule has 3 rings (SSSR count). The van der Waals surface area contributed by atoms with E-state index in [1.54, 1.807) is 18.3 Å². The van der Waals surface area contributed by atoms with Crippen molar-refractivity contribution in [2.75, 3.05) is 0 Å². The van der Waals surface area contributed by atoms with Crippen molar-refractivity contribution in [3.63, 3.8) is 0 Å². The lowest BCUT2D eigenvalue weighted by molar-refractivity contribution is 0.630. The van der Waals surface area contributed by atoms with Gasteiger partial charge in [-0.05, 0) is 23.1 Å². The molecule has 0 aliphatic rings.